The summed E-state index contributed by atoms with van der Waals surface area (Å²) in [5.41, 5.74) is 3.01. The topological polar surface area (TPSA) is 74.6 Å². The van der Waals surface area contributed by atoms with Crippen molar-refractivity contribution in [1.29, 1.82) is 0 Å². The summed E-state index contributed by atoms with van der Waals surface area (Å²) in [7, 11) is 1.59. The zero-order valence-electron chi connectivity index (χ0n) is 16.2. The lowest BCUT2D eigenvalue weighted by atomic mass is 10.1. The predicted molar refractivity (Wildman–Crippen MR) is 113 cm³/mol. The minimum Gasteiger partial charge on any atom is -0.467 e. The first-order valence-electron chi connectivity index (χ1n) is 9.11. The number of nitrogens with zero attached hydrogens (tertiary/aromatic N) is 1. The van der Waals surface area contributed by atoms with Gasteiger partial charge in [0.1, 0.15) is 5.76 Å². The second-order valence-corrected chi connectivity index (χ2v) is 7.01. The van der Waals surface area contributed by atoms with Crippen LogP contribution >= 0.6 is 11.6 Å². The van der Waals surface area contributed by atoms with E-state index in [9.17, 15) is 9.59 Å². The molecule has 0 aliphatic rings. The minimum absolute atomic E-state index is 0.155. The molecule has 6 nitrogen and oxygen atoms in total. The monoisotopic (exact) mass is 411 g/mol. The smallest absolute Gasteiger partial charge is 0.322 e. The van der Waals surface area contributed by atoms with Gasteiger partial charge in [0, 0.05) is 29.9 Å². The molecule has 29 heavy (non-hydrogen) atoms. The molecule has 2 aromatic carbocycles. The van der Waals surface area contributed by atoms with Crippen molar-refractivity contribution in [2.75, 3.05) is 12.4 Å². The van der Waals surface area contributed by atoms with Crippen LogP contribution in [-0.2, 0) is 13.1 Å². The number of hydrogen-bond acceptors (Lipinski definition) is 3. The fourth-order valence-electron chi connectivity index (χ4n) is 2.79. The number of carbonyl (C=O) groups is 2. The maximum Gasteiger partial charge on any atom is 0.322 e. The first-order chi connectivity index (χ1) is 14.0. The number of aryl methyl sites for hydroxylation is 1. The van der Waals surface area contributed by atoms with Gasteiger partial charge in [0.15, 0.2) is 0 Å². The largest absolute Gasteiger partial charge is 0.467 e. The Balaban J connectivity index is 1.77. The van der Waals surface area contributed by atoms with Crippen molar-refractivity contribution in [2.24, 2.45) is 0 Å². The molecule has 0 fully saturated rings. The second-order valence-electron chi connectivity index (χ2n) is 6.61. The molecule has 0 aliphatic carbocycles. The summed E-state index contributed by atoms with van der Waals surface area (Å²) in [5.74, 6) is 0.516. The number of urea groups is 1. The van der Waals surface area contributed by atoms with E-state index in [0.29, 0.717) is 35.1 Å². The molecule has 0 aliphatic heterocycles. The third-order valence-corrected chi connectivity index (χ3v) is 4.86. The van der Waals surface area contributed by atoms with Gasteiger partial charge < -0.3 is 20.0 Å². The Morgan fingerprint density at radius 3 is 2.45 bits per heavy atom. The third kappa shape index (κ3) is 5.39. The number of amides is 3. The maximum absolute atomic E-state index is 12.9. The zero-order valence-corrected chi connectivity index (χ0v) is 17.0. The zero-order chi connectivity index (χ0) is 20.8. The van der Waals surface area contributed by atoms with E-state index in [0.717, 1.165) is 11.1 Å². The summed E-state index contributed by atoms with van der Waals surface area (Å²) in [6, 6.07) is 15.8. The molecule has 0 unspecified atom stereocenters. The normalized spacial score (nSPS) is 10.4. The summed E-state index contributed by atoms with van der Waals surface area (Å²) in [6.07, 6.45) is 1.57. The number of benzene rings is 2. The lowest BCUT2D eigenvalue weighted by Gasteiger charge is -2.22. The van der Waals surface area contributed by atoms with Crippen molar-refractivity contribution >= 4 is 29.2 Å². The van der Waals surface area contributed by atoms with Crippen molar-refractivity contribution in [3.8, 4) is 0 Å². The number of halogens is 1. The highest BCUT2D eigenvalue weighted by molar-refractivity contribution is 6.31. The highest BCUT2D eigenvalue weighted by Gasteiger charge is 2.17. The van der Waals surface area contributed by atoms with Gasteiger partial charge in [0.25, 0.3) is 5.91 Å². The van der Waals surface area contributed by atoms with Crippen molar-refractivity contribution < 1.29 is 14.0 Å². The molecule has 3 rings (SSSR count). The molecule has 7 heteroatoms. The molecule has 150 valence electrons. The van der Waals surface area contributed by atoms with Gasteiger partial charge in [-0.25, -0.2) is 4.79 Å². The summed E-state index contributed by atoms with van der Waals surface area (Å²) in [6.45, 7) is 2.55. The van der Waals surface area contributed by atoms with Crippen LogP contribution in [0.5, 0.6) is 0 Å². The van der Waals surface area contributed by atoms with Gasteiger partial charge in [0.2, 0.25) is 0 Å². The van der Waals surface area contributed by atoms with Crippen LogP contribution in [0, 0.1) is 6.92 Å². The highest BCUT2D eigenvalue weighted by Crippen LogP contribution is 2.21. The van der Waals surface area contributed by atoms with Crippen LogP contribution in [-0.4, -0.2) is 23.9 Å². The average Bonchev–Trinajstić information content (AvgIpc) is 3.23. The predicted octanol–water partition coefficient (Wildman–Crippen LogP) is 4.84. The van der Waals surface area contributed by atoms with Crippen LogP contribution in [0.2, 0.25) is 5.02 Å². The van der Waals surface area contributed by atoms with E-state index in [2.05, 4.69) is 10.6 Å². The fourth-order valence-corrected chi connectivity index (χ4v) is 2.97. The Labute approximate surface area is 174 Å². The Morgan fingerprint density at radius 1 is 1.07 bits per heavy atom. The molecular weight excluding hydrogens is 390 g/mol. The number of carbonyl (C=O) groups excluding carboxylic acids is 2. The number of furan rings is 1. The van der Waals surface area contributed by atoms with E-state index in [1.807, 2.05) is 37.3 Å². The summed E-state index contributed by atoms with van der Waals surface area (Å²) in [4.78, 5) is 26.3. The Kier molecular flexibility index (Phi) is 6.57. The lowest BCUT2D eigenvalue weighted by Crippen LogP contribution is -2.34. The van der Waals surface area contributed by atoms with Gasteiger partial charge in [-0.2, -0.15) is 0 Å². The van der Waals surface area contributed by atoms with Gasteiger partial charge in [0.05, 0.1) is 12.8 Å². The number of nitrogens with one attached hydrogen (secondary N) is 2. The molecular formula is C22H22ClN3O3. The molecule has 0 saturated heterocycles. The van der Waals surface area contributed by atoms with Crippen LogP contribution in [0.1, 0.15) is 27.2 Å². The molecule has 3 aromatic rings. The quantitative estimate of drug-likeness (QED) is 0.609. The Morgan fingerprint density at radius 2 is 1.83 bits per heavy atom. The number of hydrogen-bond donors (Lipinski definition) is 2. The summed E-state index contributed by atoms with van der Waals surface area (Å²) in [5, 5.41) is 6.05. The fraction of sp³-hybridized carbons (Fsp3) is 0.182. The van der Waals surface area contributed by atoms with Gasteiger partial charge in [-0.15, -0.1) is 0 Å². The second kappa shape index (κ2) is 9.30. The van der Waals surface area contributed by atoms with Crippen molar-refractivity contribution in [3.63, 3.8) is 0 Å². The number of anilines is 1. The molecule has 2 N–H and O–H groups in total. The van der Waals surface area contributed by atoms with Gasteiger partial charge in [-0.3, -0.25) is 4.79 Å². The third-order valence-electron chi connectivity index (χ3n) is 4.45. The molecule has 0 atom stereocenters. The van der Waals surface area contributed by atoms with E-state index in [4.69, 9.17) is 16.0 Å². The van der Waals surface area contributed by atoms with Gasteiger partial charge in [-0.05, 0) is 54.4 Å². The first kappa shape index (κ1) is 20.5. The SMILES string of the molecule is CNC(=O)c1ccc(CN(Cc2ccco2)C(=O)Nc2ccc(C)c(Cl)c2)cc1. The molecule has 1 heterocycles. The molecule has 0 bridgehead atoms. The molecule has 3 amide bonds. The summed E-state index contributed by atoms with van der Waals surface area (Å²) < 4.78 is 5.41. The van der Waals surface area contributed by atoms with E-state index < -0.39 is 0 Å². The van der Waals surface area contributed by atoms with Crippen LogP contribution in [0.3, 0.4) is 0 Å². The number of rotatable bonds is 6. The van der Waals surface area contributed by atoms with Gasteiger partial charge in [-0.1, -0.05) is 29.8 Å². The molecule has 0 saturated carbocycles. The molecule has 0 radical (unpaired) electrons. The first-order valence-corrected chi connectivity index (χ1v) is 9.49. The molecule has 1 aromatic heterocycles. The van der Waals surface area contributed by atoms with Crippen molar-refractivity contribution in [2.45, 2.75) is 20.0 Å². The van der Waals surface area contributed by atoms with E-state index in [1.54, 1.807) is 42.5 Å². The van der Waals surface area contributed by atoms with Crippen LogP contribution in [0.4, 0.5) is 10.5 Å². The molecule has 0 spiro atoms. The van der Waals surface area contributed by atoms with Crippen LogP contribution in [0.15, 0.2) is 65.3 Å². The standard InChI is InChI=1S/C22H22ClN3O3/c1-15-5-10-18(12-20(15)23)25-22(28)26(14-19-4-3-11-29-19)13-16-6-8-17(9-7-16)21(27)24-2/h3-12H,13-14H2,1-2H3,(H,24,27)(H,25,28). The van der Waals surface area contributed by atoms with Gasteiger partial charge >= 0.3 is 6.03 Å². The van der Waals surface area contributed by atoms with Crippen LogP contribution in [0.25, 0.3) is 0 Å². The van der Waals surface area contributed by atoms with E-state index in [1.165, 1.54) is 0 Å². The van der Waals surface area contributed by atoms with E-state index >= 15 is 0 Å². The maximum atomic E-state index is 12.9. The van der Waals surface area contributed by atoms with E-state index in [-0.39, 0.29) is 11.9 Å². The minimum atomic E-state index is -0.281. The Bertz CT molecular complexity index is 985. The van der Waals surface area contributed by atoms with Crippen molar-refractivity contribution in [1.82, 2.24) is 10.2 Å². The Hall–Kier alpha value is -3.25. The highest BCUT2D eigenvalue weighted by atomic mass is 35.5. The summed E-state index contributed by atoms with van der Waals surface area (Å²) >= 11 is 6.16. The lowest BCUT2D eigenvalue weighted by molar-refractivity contribution is 0.0963. The van der Waals surface area contributed by atoms with Crippen LogP contribution < -0.4 is 10.6 Å². The van der Waals surface area contributed by atoms with Crippen molar-refractivity contribution in [3.05, 3.63) is 88.3 Å². The average molecular weight is 412 g/mol.